The van der Waals surface area contributed by atoms with Crippen LogP contribution < -0.4 is 10.6 Å². The van der Waals surface area contributed by atoms with Crippen LogP contribution in [0.1, 0.15) is 28.8 Å². The Morgan fingerprint density at radius 3 is 2.96 bits per heavy atom. The molecule has 1 amide bonds. The SMILES string of the molecule is CN1CCc2ccccc2C1NC(=O)C1CNc2ccc(F)cc21. The molecule has 0 spiro atoms. The second-order valence-corrected chi connectivity index (χ2v) is 6.51. The molecule has 2 unspecified atom stereocenters. The Morgan fingerprint density at radius 1 is 1.25 bits per heavy atom. The number of fused-ring (bicyclic) bond motifs is 2. The van der Waals surface area contributed by atoms with Gasteiger partial charge >= 0.3 is 0 Å². The number of hydrogen-bond donors (Lipinski definition) is 2. The molecule has 24 heavy (non-hydrogen) atoms. The molecule has 124 valence electrons. The number of rotatable bonds is 2. The van der Waals surface area contributed by atoms with Crippen LogP contribution in [0.4, 0.5) is 10.1 Å². The minimum Gasteiger partial charge on any atom is -0.384 e. The molecule has 0 saturated heterocycles. The average molecular weight is 325 g/mol. The topological polar surface area (TPSA) is 44.4 Å². The third-order valence-corrected chi connectivity index (χ3v) is 5.01. The lowest BCUT2D eigenvalue weighted by Gasteiger charge is -2.35. The van der Waals surface area contributed by atoms with Gasteiger partial charge in [0.2, 0.25) is 5.91 Å². The van der Waals surface area contributed by atoms with E-state index in [2.05, 4.69) is 27.7 Å². The first-order chi connectivity index (χ1) is 11.6. The maximum Gasteiger partial charge on any atom is 0.230 e. The second-order valence-electron chi connectivity index (χ2n) is 6.51. The van der Waals surface area contributed by atoms with Gasteiger partial charge in [-0.1, -0.05) is 24.3 Å². The van der Waals surface area contributed by atoms with E-state index in [4.69, 9.17) is 0 Å². The van der Waals surface area contributed by atoms with Crippen molar-refractivity contribution >= 4 is 11.6 Å². The van der Waals surface area contributed by atoms with E-state index in [1.165, 1.54) is 17.7 Å². The Hall–Kier alpha value is -2.40. The van der Waals surface area contributed by atoms with Gasteiger partial charge in [0, 0.05) is 18.8 Å². The smallest absolute Gasteiger partial charge is 0.230 e. The van der Waals surface area contributed by atoms with Crippen molar-refractivity contribution in [2.24, 2.45) is 0 Å². The van der Waals surface area contributed by atoms with E-state index in [1.54, 1.807) is 6.07 Å². The van der Waals surface area contributed by atoms with Gasteiger partial charge in [-0.25, -0.2) is 4.39 Å². The quantitative estimate of drug-likeness (QED) is 0.892. The zero-order chi connectivity index (χ0) is 16.7. The maximum atomic E-state index is 13.5. The number of nitrogens with one attached hydrogen (secondary N) is 2. The number of hydrogen-bond acceptors (Lipinski definition) is 3. The fourth-order valence-electron chi connectivity index (χ4n) is 3.65. The maximum absolute atomic E-state index is 13.5. The lowest BCUT2D eigenvalue weighted by atomic mass is 9.95. The van der Waals surface area contributed by atoms with Crippen molar-refractivity contribution in [3.63, 3.8) is 0 Å². The fraction of sp³-hybridized carbons (Fsp3) is 0.316. The average Bonchev–Trinajstić information content (AvgIpc) is 3.00. The summed E-state index contributed by atoms with van der Waals surface area (Å²) in [5, 5.41) is 6.34. The summed E-state index contributed by atoms with van der Waals surface area (Å²) < 4.78 is 13.5. The first kappa shape index (κ1) is 15.1. The van der Waals surface area contributed by atoms with Crippen molar-refractivity contribution in [2.45, 2.75) is 18.5 Å². The Morgan fingerprint density at radius 2 is 2.08 bits per heavy atom. The number of likely N-dealkylation sites (N-methyl/N-ethyl adjacent to an activating group) is 1. The predicted octanol–water partition coefficient (Wildman–Crippen LogP) is 2.64. The number of nitrogens with zero attached hydrogens (tertiary/aromatic N) is 1. The third-order valence-electron chi connectivity index (χ3n) is 5.01. The highest BCUT2D eigenvalue weighted by Crippen LogP contribution is 2.33. The summed E-state index contributed by atoms with van der Waals surface area (Å²) in [5.74, 6) is -0.742. The number of carbonyl (C=O) groups excluding carboxylic acids is 1. The van der Waals surface area contributed by atoms with Crippen LogP contribution >= 0.6 is 0 Å². The molecule has 0 aromatic heterocycles. The van der Waals surface area contributed by atoms with Gasteiger partial charge in [0.15, 0.2) is 0 Å². The number of halogens is 1. The molecule has 2 aromatic rings. The summed E-state index contributed by atoms with van der Waals surface area (Å²) in [6, 6.07) is 12.8. The van der Waals surface area contributed by atoms with Crippen molar-refractivity contribution in [2.75, 3.05) is 25.5 Å². The molecule has 5 heteroatoms. The summed E-state index contributed by atoms with van der Waals surface area (Å²) in [7, 11) is 2.02. The van der Waals surface area contributed by atoms with E-state index < -0.39 is 0 Å². The molecular weight excluding hydrogens is 305 g/mol. The molecule has 4 nitrogen and oxygen atoms in total. The van der Waals surface area contributed by atoms with Crippen molar-refractivity contribution in [1.29, 1.82) is 0 Å². The van der Waals surface area contributed by atoms with E-state index >= 15 is 0 Å². The molecule has 2 aliphatic rings. The van der Waals surface area contributed by atoms with Gasteiger partial charge in [-0.05, 0) is 48.4 Å². The highest BCUT2D eigenvalue weighted by atomic mass is 19.1. The normalized spacial score (nSPS) is 22.4. The molecule has 2 heterocycles. The van der Waals surface area contributed by atoms with Gasteiger partial charge in [0.05, 0.1) is 5.92 Å². The van der Waals surface area contributed by atoms with E-state index in [0.717, 1.165) is 29.8 Å². The Balaban J connectivity index is 1.59. The highest BCUT2D eigenvalue weighted by molar-refractivity contribution is 5.88. The van der Waals surface area contributed by atoms with Crippen LogP contribution in [0, 0.1) is 5.82 Å². The van der Waals surface area contributed by atoms with E-state index in [1.807, 2.05) is 19.2 Å². The molecule has 0 saturated carbocycles. The monoisotopic (exact) mass is 325 g/mol. The van der Waals surface area contributed by atoms with Gasteiger partial charge in [0.25, 0.3) is 0 Å². The second kappa shape index (κ2) is 5.91. The molecule has 4 rings (SSSR count). The first-order valence-electron chi connectivity index (χ1n) is 8.25. The van der Waals surface area contributed by atoms with Gasteiger partial charge in [-0.2, -0.15) is 0 Å². The summed E-state index contributed by atoms with van der Waals surface area (Å²) in [6.45, 7) is 1.40. The summed E-state index contributed by atoms with van der Waals surface area (Å²) in [6.07, 6.45) is 0.845. The number of amides is 1. The van der Waals surface area contributed by atoms with Crippen LogP contribution in [0.25, 0.3) is 0 Å². The molecule has 0 fully saturated rings. The van der Waals surface area contributed by atoms with Gasteiger partial charge in [-0.3, -0.25) is 9.69 Å². The van der Waals surface area contributed by atoms with Crippen molar-refractivity contribution < 1.29 is 9.18 Å². The minimum absolute atomic E-state index is 0.0691. The number of anilines is 1. The fourth-order valence-corrected chi connectivity index (χ4v) is 3.65. The lowest BCUT2D eigenvalue weighted by Crippen LogP contribution is -2.45. The molecule has 0 aliphatic carbocycles. The van der Waals surface area contributed by atoms with Crippen LogP contribution in [0.15, 0.2) is 42.5 Å². The predicted molar refractivity (Wildman–Crippen MR) is 91.3 cm³/mol. The Kier molecular flexibility index (Phi) is 3.73. The van der Waals surface area contributed by atoms with E-state index in [0.29, 0.717) is 6.54 Å². The molecule has 2 aromatic carbocycles. The van der Waals surface area contributed by atoms with E-state index in [9.17, 15) is 9.18 Å². The van der Waals surface area contributed by atoms with E-state index in [-0.39, 0.29) is 23.8 Å². The van der Waals surface area contributed by atoms with Crippen molar-refractivity contribution in [3.05, 3.63) is 65.0 Å². The van der Waals surface area contributed by atoms with Crippen LogP contribution in [-0.4, -0.2) is 30.9 Å². The van der Waals surface area contributed by atoms with Crippen molar-refractivity contribution in [3.8, 4) is 0 Å². The third kappa shape index (κ3) is 2.55. The molecule has 2 N–H and O–H groups in total. The number of carbonyl (C=O) groups is 1. The van der Waals surface area contributed by atoms with Gasteiger partial charge in [-0.15, -0.1) is 0 Å². The number of benzene rings is 2. The highest BCUT2D eigenvalue weighted by Gasteiger charge is 2.32. The van der Waals surface area contributed by atoms with Crippen molar-refractivity contribution in [1.82, 2.24) is 10.2 Å². The lowest BCUT2D eigenvalue weighted by molar-refractivity contribution is -0.124. The summed E-state index contributed by atoms with van der Waals surface area (Å²) in [4.78, 5) is 15.0. The Bertz CT molecular complexity index is 792. The van der Waals surface area contributed by atoms with Crippen LogP contribution in [0.3, 0.4) is 0 Å². The molecule has 2 aliphatic heterocycles. The molecular formula is C19H20FN3O. The van der Waals surface area contributed by atoms with Crippen LogP contribution in [-0.2, 0) is 11.2 Å². The summed E-state index contributed by atoms with van der Waals surface area (Å²) >= 11 is 0. The molecule has 0 radical (unpaired) electrons. The first-order valence-corrected chi connectivity index (χ1v) is 8.25. The summed E-state index contributed by atoms with van der Waals surface area (Å²) in [5.41, 5.74) is 4.00. The van der Waals surface area contributed by atoms with Gasteiger partial charge in [0.1, 0.15) is 12.0 Å². The molecule has 0 bridgehead atoms. The molecule has 2 atom stereocenters. The zero-order valence-corrected chi connectivity index (χ0v) is 13.6. The largest absolute Gasteiger partial charge is 0.384 e. The minimum atomic E-state index is -0.363. The van der Waals surface area contributed by atoms with Gasteiger partial charge < -0.3 is 10.6 Å². The zero-order valence-electron chi connectivity index (χ0n) is 13.6. The van der Waals surface area contributed by atoms with Crippen LogP contribution in [0.5, 0.6) is 0 Å². The van der Waals surface area contributed by atoms with Crippen LogP contribution in [0.2, 0.25) is 0 Å². The Labute approximate surface area is 140 Å². The standard InChI is InChI=1S/C19H20FN3O/c1-23-9-8-12-4-2-3-5-14(12)18(23)22-19(24)16-11-21-17-7-6-13(20)10-15(16)17/h2-7,10,16,18,21H,8-9,11H2,1H3,(H,22,24).